The monoisotopic (exact) mass is 336 g/mol. The van der Waals surface area contributed by atoms with E-state index in [9.17, 15) is 0 Å². The third kappa shape index (κ3) is 3.70. The lowest BCUT2D eigenvalue weighted by atomic mass is 10.1. The summed E-state index contributed by atoms with van der Waals surface area (Å²) in [6.07, 6.45) is 0. The number of furan rings is 1. The first-order valence-electron chi connectivity index (χ1n) is 8.51. The zero-order chi connectivity index (χ0) is 17.1. The number of benzene rings is 2. The van der Waals surface area contributed by atoms with Gasteiger partial charge in [0.2, 0.25) is 0 Å². The lowest BCUT2D eigenvalue weighted by Crippen LogP contribution is -1.79. The standard InChI is InChI=1S/C11H12O.C11H12S/c2*1-8(2)11-7-9-5-3-4-6-10(9)12-11/h2*3-8H,1-2H3. The first-order valence-corrected chi connectivity index (χ1v) is 9.33. The van der Waals surface area contributed by atoms with Crippen molar-refractivity contribution in [2.24, 2.45) is 0 Å². The average molecular weight is 336 g/mol. The molecule has 4 aromatic rings. The lowest BCUT2D eigenvalue weighted by molar-refractivity contribution is 0.522. The fourth-order valence-electron chi connectivity index (χ4n) is 2.57. The van der Waals surface area contributed by atoms with Crippen LogP contribution in [0.5, 0.6) is 0 Å². The zero-order valence-corrected chi connectivity index (χ0v) is 15.6. The average Bonchev–Trinajstić information content (AvgIpc) is 3.19. The Balaban J connectivity index is 0.000000141. The predicted molar refractivity (Wildman–Crippen MR) is 106 cm³/mol. The van der Waals surface area contributed by atoms with Crippen LogP contribution in [0.3, 0.4) is 0 Å². The van der Waals surface area contributed by atoms with Gasteiger partial charge < -0.3 is 4.42 Å². The fourth-order valence-corrected chi connectivity index (χ4v) is 3.64. The summed E-state index contributed by atoms with van der Waals surface area (Å²) < 4.78 is 7.03. The van der Waals surface area contributed by atoms with Gasteiger partial charge >= 0.3 is 0 Å². The molecular formula is C22H24OS. The molecule has 0 atom stereocenters. The summed E-state index contributed by atoms with van der Waals surface area (Å²) in [6, 6.07) is 21.1. The minimum atomic E-state index is 0.470. The van der Waals surface area contributed by atoms with Crippen molar-refractivity contribution in [3.05, 3.63) is 71.3 Å². The van der Waals surface area contributed by atoms with Crippen LogP contribution < -0.4 is 0 Å². The first kappa shape index (κ1) is 16.8. The number of fused-ring (bicyclic) bond motifs is 2. The highest BCUT2D eigenvalue weighted by Gasteiger charge is 2.05. The molecule has 0 amide bonds. The minimum absolute atomic E-state index is 0.470. The minimum Gasteiger partial charge on any atom is -0.461 e. The molecule has 0 saturated heterocycles. The molecule has 0 spiro atoms. The molecule has 0 fully saturated rings. The Bertz CT molecular complexity index is 783. The molecule has 0 radical (unpaired) electrons. The fraction of sp³-hybridized carbons (Fsp3) is 0.273. The Morgan fingerprint density at radius 1 is 0.750 bits per heavy atom. The summed E-state index contributed by atoms with van der Waals surface area (Å²) in [7, 11) is 0. The van der Waals surface area contributed by atoms with Gasteiger partial charge in [0.05, 0.1) is 0 Å². The maximum atomic E-state index is 5.63. The van der Waals surface area contributed by atoms with Crippen LogP contribution in [0.2, 0.25) is 0 Å². The van der Waals surface area contributed by atoms with Gasteiger partial charge in [-0.2, -0.15) is 0 Å². The molecule has 2 heterocycles. The van der Waals surface area contributed by atoms with Crippen molar-refractivity contribution in [3.63, 3.8) is 0 Å². The first-order chi connectivity index (χ1) is 11.5. The summed E-state index contributed by atoms with van der Waals surface area (Å²) in [4.78, 5) is 1.48. The van der Waals surface area contributed by atoms with Crippen LogP contribution in [0, 0.1) is 0 Å². The van der Waals surface area contributed by atoms with Crippen LogP contribution in [-0.2, 0) is 0 Å². The molecule has 0 unspecified atom stereocenters. The van der Waals surface area contributed by atoms with E-state index in [0.717, 1.165) is 11.3 Å². The molecule has 0 bridgehead atoms. The van der Waals surface area contributed by atoms with Gasteiger partial charge in [-0.3, -0.25) is 0 Å². The van der Waals surface area contributed by atoms with Crippen molar-refractivity contribution in [2.75, 3.05) is 0 Å². The number of rotatable bonds is 2. The molecule has 1 nitrogen and oxygen atoms in total. The number of hydrogen-bond donors (Lipinski definition) is 0. The van der Waals surface area contributed by atoms with Gasteiger partial charge in [-0.1, -0.05) is 64.1 Å². The van der Waals surface area contributed by atoms with Crippen molar-refractivity contribution in [1.29, 1.82) is 0 Å². The van der Waals surface area contributed by atoms with E-state index < -0.39 is 0 Å². The normalized spacial score (nSPS) is 11.2. The Kier molecular flexibility index (Phi) is 5.06. The van der Waals surface area contributed by atoms with Crippen LogP contribution >= 0.6 is 11.3 Å². The van der Waals surface area contributed by atoms with E-state index in [2.05, 4.69) is 70.2 Å². The van der Waals surface area contributed by atoms with Crippen LogP contribution in [-0.4, -0.2) is 0 Å². The molecule has 4 rings (SSSR count). The molecule has 124 valence electrons. The lowest BCUT2D eigenvalue weighted by Gasteiger charge is -1.96. The van der Waals surface area contributed by atoms with Crippen molar-refractivity contribution in [1.82, 2.24) is 0 Å². The third-order valence-corrected chi connectivity index (χ3v) is 5.44. The van der Waals surface area contributed by atoms with Crippen molar-refractivity contribution in [2.45, 2.75) is 39.5 Å². The maximum Gasteiger partial charge on any atom is 0.134 e. The van der Waals surface area contributed by atoms with E-state index in [-0.39, 0.29) is 0 Å². The Labute approximate surface area is 147 Å². The highest BCUT2D eigenvalue weighted by atomic mass is 32.1. The van der Waals surface area contributed by atoms with Gasteiger partial charge in [0.25, 0.3) is 0 Å². The van der Waals surface area contributed by atoms with E-state index in [4.69, 9.17) is 4.42 Å². The number of para-hydroxylation sites is 1. The molecule has 2 heteroatoms. The zero-order valence-electron chi connectivity index (χ0n) is 14.7. The summed E-state index contributed by atoms with van der Waals surface area (Å²) in [5.41, 5.74) is 0.987. The van der Waals surface area contributed by atoms with Gasteiger partial charge in [0.15, 0.2) is 0 Å². The van der Waals surface area contributed by atoms with Crippen LogP contribution in [0.25, 0.3) is 21.1 Å². The summed E-state index contributed by atoms with van der Waals surface area (Å²) in [6.45, 7) is 8.75. The van der Waals surface area contributed by atoms with E-state index in [1.165, 1.54) is 20.3 Å². The van der Waals surface area contributed by atoms with Crippen LogP contribution in [0.4, 0.5) is 0 Å². The molecule has 0 saturated carbocycles. The van der Waals surface area contributed by atoms with Gasteiger partial charge in [0.1, 0.15) is 11.3 Å². The topological polar surface area (TPSA) is 13.1 Å². The van der Waals surface area contributed by atoms with E-state index in [0.29, 0.717) is 11.8 Å². The van der Waals surface area contributed by atoms with Crippen molar-refractivity contribution in [3.8, 4) is 0 Å². The molecule has 24 heavy (non-hydrogen) atoms. The van der Waals surface area contributed by atoms with Gasteiger partial charge in [0, 0.05) is 20.9 Å². The Morgan fingerprint density at radius 2 is 1.42 bits per heavy atom. The largest absolute Gasteiger partial charge is 0.461 e. The van der Waals surface area contributed by atoms with Crippen molar-refractivity contribution < 1.29 is 4.42 Å². The SMILES string of the molecule is CC(C)c1cc2ccccc2o1.CC(C)c1cc2ccccc2s1. The smallest absolute Gasteiger partial charge is 0.134 e. The van der Waals surface area contributed by atoms with Gasteiger partial charge in [-0.15, -0.1) is 11.3 Å². The Hall–Kier alpha value is -2.06. The second-order valence-corrected chi connectivity index (χ2v) is 7.80. The Morgan fingerprint density at radius 3 is 2.04 bits per heavy atom. The van der Waals surface area contributed by atoms with Gasteiger partial charge in [-0.05, 0) is 35.6 Å². The highest BCUT2D eigenvalue weighted by molar-refractivity contribution is 7.19. The molecular weight excluding hydrogens is 312 g/mol. The quantitative estimate of drug-likeness (QED) is 0.367. The molecule has 0 N–H and O–H groups in total. The molecule has 2 aromatic carbocycles. The summed E-state index contributed by atoms with van der Waals surface area (Å²) >= 11 is 1.91. The molecule has 0 aliphatic rings. The van der Waals surface area contributed by atoms with E-state index in [1.807, 2.05) is 29.5 Å². The summed E-state index contributed by atoms with van der Waals surface area (Å²) in [5.74, 6) is 2.19. The van der Waals surface area contributed by atoms with E-state index in [1.54, 1.807) is 0 Å². The second kappa shape index (κ2) is 7.23. The highest BCUT2D eigenvalue weighted by Crippen LogP contribution is 2.30. The van der Waals surface area contributed by atoms with Crippen LogP contribution in [0.15, 0.2) is 65.1 Å². The van der Waals surface area contributed by atoms with Crippen molar-refractivity contribution >= 4 is 32.4 Å². The molecule has 2 aromatic heterocycles. The third-order valence-electron chi connectivity index (χ3n) is 4.03. The van der Waals surface area contributed by atoms with E-state index >= 15 is 0 Å². The van der Waals surface area contributed by atoms with Crippen LogP contribution in [0.1, 0.15) is 50.2 Å². The number of hydrogen-bond acceptors (Lipinski definition) is 2. The summed E-state index contributed by atoms with van der Waals surface area (Å²) in [5, 5.41) is 2.58. The second-order valence-electron chi connectivity index (χ2n) is 6.68. The predicted octanol–water partition coefficient (Wildman–Crippen LogP) is 7.58. The van der Waals surface area contributed by atoms with Gasteiger partial charge in [-0.25, -0.2) is 0 Å². The molecule has 0 aliphatic carbocycles. The number of thiophene rings is 1. The maximum absolute atomic E-state index is 5.63. The molecule has 0 aliphatic heterocycles.